The van der Waals surface area contributed by atoms with Gasteiger partial charge in [-0.2, -0.15) is 0 Å². The van der Waals surface area contributed by atoms with Gasteiger partial charge in [-0.05, 0) is 59.7 Å². The SMILES string of the molecule is Cc1ccc(Cl)c2sc(N(CCCN3CCOCC3)C(=O)c3ccccc3I)nc12. The average Bonchev–Trinajstić information content (AvgIpc) is 3.21. The van der Waals surface area contributed by atoms with Crippen LogP contribution in [0.2, 0.25) is 5.02 Å². The molecule has 0 saturated carbocycles. The molecule has 5 nitrogen and oxygen atoms in total. The lowest BCUT2D eigenvalue weighted by Gasteiger charge is -2.27. The third-order valence-electron chi connectivity index (χ3n) is 5.23. The first-order valence-electron chi connectivity index (χ1n) is 9.97. The highest BCUT2D eigenvalue weighted by Gasteiger charge is 2.24. The number of amides is 1. The normalized spacial score (nSPS) is 14.9. The van der Waals surface area contributed by atoms with Crippen molar-refractivity contribution in [1.29, 1.82) is 0 Å². The van der Waals surface area contributed by atoms with Gasteiger partial charge in [0, 0.05) is 29.7 Å². The molecule has 0 spiro atoms. The van der Waals surface area contributed by atoms with Crippen molar-refractivity contribution in [3.05, 3.63) is 56.1 Å². The molecule has 1 fully saturated rings. The summed E-state index contributed by atoms with van der Waals surface area (Å²) in [6, 6.07) is 11.6. The Labute approximate surface area is 199 Å². The highest BCUT2D eigenvalue weighted by Crippen LogP contribution is 2.36. The van der Waals surface area contributed by atoms with Crippen molar-refractivity contribution in [3.8, 4) is 0 Å². The first-order valence-corrected chi connectivity index (χ1v) is 12.2. The third-order valence-corrected chi connectivity index (χ3v) is 7.71. The molecule has 0 radical (unpaired) electrons. The molecule has 2 aromatic carbocycles. The minimum absolute atomic E-state index is 0.0187. The van der Waals surface area contributed by atoms with E-state index in [1.165, 1.54) is 11.3 Å². The predicted molar refractivity (Wildman–Crippen MR) is 132 cm³/mol. The Hall–Kier alpha value is -1.26. The molecule has 30 heavy (non-hydrogen) atoms. The Kier molecular flexibility index (Phi) is 7.25. The number of thiazole rings is 1. The Bertz CT molecular complexity index is 1010. The van der Waals surface area contributed by atoms with Crippen LogP contribution in [0.3, 0.4) is 0 Å². The van der Waals surface area contributed by atoms with E-state index in [1.54, 1.807) is 0 Å². The third kappa shape index (κ3) is 4.80. The molecule has 2 heterocycles. The number of ether oxygens (including phenoxy) is 1. The van der Waals surface area contributed by atoms with Gasteiger partial charge in [0.2, 0.25) is 0 Å². The van der Waals surface area contributed by atoms with Gasteiger partial charge in [-0.15, -0.1) is 0 Å². The van der Waals surface area contributed by atoms with Gasteiger partial charge in [-0.1, -0.05) is 41.1 Å². The van der Waals surface area contributed by atoms with Crippen LogP contribution < -0.4 is 4.90 Å². The Morgan fingerprint density at radius 1 is 1.27 bits per heavy atom. The van der Waals surface area contributed by atoms with Crippen LogP contribution in [0, 0.1) is 10.5 Å². The Morgan fingerprint density at radius 3 is 2.77 bits per heavy atom. The van der Waals surface area contributed by atoms with E-state index >= 15 is 0 Å². The number of halogens is 2. The molecule has 1 aliphatic heterocycles. The fourth-order valence-electron chi connectivity index (χ4n) is 3.55. The zero-order valence-corrected chi connectivity index (χ0v) is 20.5. The fraction of sp³-hybridized carbons (Fsp3) is 0.364. The molecule has 1 aromatic heterocycles. The quantitative estimate of drug-likeness (QED) is 0.391. The van der Waals surface area contributed by atoms with Crippen LogP contribution in [-0.4, -0.2) is 55.2 Å². The molecule has 3 aromatic rings. The topological polar surface area (TPSA) is 45.7 Å². The summed E-state index contributed by atoms with van der Waals surface area (Å²) in [6.45, 7) is 7.01. The molecule has 158 valence electrons. The van der Waals surface area contributed by atoms with Crippen molar-refractivity contribution in [2.45, 2.75) is 13.3 Å². The number of anilines is 1. The second kappa shape index (κ2) is 9.91. The number of aryl methyl sites for hydroxylation is 1. The Balaban J connectivity index is 1.63. The average molecular weight is 556 g/mol. The maximum Gasteiger partial charge on any atom is 0.261 e. The van der Waals surface area contributed by atoms with Gasteiger partial charge in [-0.25, -0.2) is 4.98 Å². The van der Waals surface area contributed by atoms with Gasteiger partial charge in [0.05, 0.1) is 34.0 Å². The smallest absolute Gasteiger partial charge is 0.261 e. The Morgan fingerprint density at radius 2 is 2.03 bits per heavy atom. The number of fused-ring (bicyclic) bond motifs is 1. The molecule has 0 unspecified atom stereocenters. The zero-order valence-electron chi connectivity index (χ0n) is 16.7. The van der Waals surface area contributed by atoms with Crippen LogP contribution in [0.1, 0.15) is 22.3 Å². The van der Waals surface area contributed by atoms with Gasteiger partial charge in [0.1, 0.15) is 0 Å². The number of aromatic nitrogens is 1. The lowest BCUT2D eigenvalue weighted by atomic mass is 10.2. The summed E-state index contributed by atoms with van der Waals surface area (Å²) in [6.07, 6.45) is 0.873. The number of nitrogens with zero attached hydrogens (tertiary/aromatic N) is 3. The monoisotopic (exact) mass is 555 g/mol. The predicted octanol–water partition coefficient (Wildman–Crippen LogP) is 5.23. The number of carbonyl (C=O) groups excluding carboxylic acids is 1. The first-order chi connectivity index (χ1) is 14.5. The summed E-state index contributed by atoms with van der Waals surface area (Å²) in [4.78, 5) is 22.5. The molecular weight excluding hydrogens is 533 g/mol. The largest absolute Gasteiger partial charge is 0.379 e. The van der Waals surface area contributed by atoms with Crippen molar-refractivity contribution in [1.82, 2.24) is 9.88 Å². The summed E-state index contributed by atoms with van der Waals surface area (Å²) in [7, 11) is 0. The van der Waals surface area contributed by atoms with E-state index in [2.05, 4.69) is 27.5 Å². The second-order valence-corrected chi connectivity index (χ2v) is 9.83. The molecule has 1 amide bonds. The lowest BCUT2D eigenvalue weighted by Crippen LogP contribution is -2.39. The van der Waals surface area contributed by atoms with Crippen LogP contribution in [0.25, 0.3) is 10.2 Å². The summed E-state index contributed by atoms with van der Waals surface area (Å²) in [5, 5.41) is 1.38. The number of benzene rings is 2. The summed E-state index contributed by atoms with van der Waals surface area (Å²) < 4.78 is 7.30. The highest BCUT2D eigenvalue weighted by molar-refractivity contribution is 14.1. The lowest BCUT2D eigenvalue weighted by molar-refractivity contribution is 0.0376. The van der Waals surface area contributed by atoms with Crippen LogP contribution in [0.4, 0.5) is 5.13 Å². The molecule has 0 aliphatic carbocycles. The molecule has 0 N–H and O–H groups in total. The van der Waals surface area contributed by atoms with E-state index in [9.17, 15) is 4.79 Å². The van der Waals surface area contributed by atoms with Crippen LogP contribution in [-0.2, 0) is 4.74 Å². The van der Waals surface area contributed by atoms with Crippen molar-refractivity contribution in [2.24, 2.45) is 0 Å². The second-order valence-electron chi connectivity index (χ2n) is 7.28. The van der Waals surface area contributed by atoms with Gasteiger partial charge < -0.3 is 4.74 Å². The van der Waals surface area contributed by atoms with Gasteiger partial charge in [0.15, 0.2) is 5.13 Å². The number of hydrogen-bond acceptors (Lipinski definition) is 5. The number of carbonyl (C=O) groups is 1. The van der Waals surface area contributed by atoms with Gasteiger partial charge >= 0.3 is 0 Å². The van der Waals surface area contributed by atoms with Crippen LogP contribution >= 0.6 is 45.5 Å². The molecular formula is C22H23ClIN3O2S. The number of hydrogen-bond donors (Lipinski definition) is 0. The standard InChI is InChI=1S/C22H23ClIN3O2S/c1-15-7-8-17(23)20-19(15)25-22(30-20)27(10-4-9-26-11-13-29-14-12-26)21(28)16-5-2-3-6-18(16)24/h2-3,5-8H,4,9-14H2,1H3. The summed E-state index contributed by atoms with van der Waals surface area (Å²) in [5.41, 5.74) is 2.63. The van der Waals surface area contributed by atoms with E-state index in [0.29, 0.717) is 22.3 Å². The van der Waals surface area contributed by atoms with E-state index in [-0.39, 0.29) is 5.91 Å². The molecule has 0 bridgehead atoms. The number of rotatable bonds is 6. The van der Waals surface area contributed by atoms with E-state index in [4.69, 9.17) is 21.3 Å². The number of morpholine rings is 1. The minimum Gasteiger partial charge on any atom is -0.379 e. The van der Waals surface area contributed by atoms with Crippen LogP contribution in [0.15, 0.2) is 36.4 Å². The summed E-state index contributed by atoms with van der Waals surface area (Å²) in [5.74, 6) is -0.0187. The fourth-order valence-corrected chi connectivity index (χ4v) is 5.51. The van der Waals surface area contributed by atoms with E-state index in [1.807, 2.05) is 48.2 Å². The van der Waals surface area contributed by atoms with Crippen molar-refractivity contribution in [3.63, 3.8) is 0 Å². The maximum absolute atomic E-state index is 13.5. The maximum atomic E-state index is 13.5. The molecule has 4 rings (SSSR count). The molecule has 1 aliphatic rings. The van der Waals surface area contributed by atoms with Gasteiger partial charge in [0.25, 0.3) is 5.91 Å². The van der Waals surface area contributed by atoms with Crippen LogP contribution in [0.5, 0.6) is 0 Å². The van der Waals surface area contributed by atoms with Crippen molar-refractivity contribution in [2.75, 3.05) is 44.3 Å². The zero-order chi connectivity index (χ0) is 21.1. The van der Waals surface area contributed by atoms with E-state index in [0.717, 1.165) is 58.6 Å². The van der Waals surface area contributed by atoms with Crippen molar-refractivity contribution >= 4 is 66.8 Å². The first kappa shape index (κ1) is 22.0. The van der Waals surface area contributed by atoms with Gasteiger partial charge in [-0.3, -0.25) is 14.6 Å². The van der Waals surface area contributed by atoms with E-state index < -0.39 is 0 Å². The molecule has 8 heteroatoms. The molecule has 1 saturated heterocycles. The summed E-state index contributed by atoms with van der Waals surface area (Å²) >= 11 is 10.1. The van der Waals surface area contributed by atoms with Crippen molar-refractivity contribution < 1.29 is 9.53 Å². The minimum atomic E-state index is -0.0187. The molecule has 0 atom stereocenters. The highest BCUT2D eigenvalue weighted by atomic mass is 127.